The van der Waals surface area contributed by atoms with E-state index in [4.69, 9.17) is 16.3 Å². The van der Waals surface area contributed by atoms with Crippen molar-refractivity contribution in [3.8, 4) is 0 Å². The Hall–Kier alpha value is -1.60. The number of hydrogen-bond acceptors (Lipinski definition) is 4. The van der Waals surface area contributed by atoms with Gasteiger partial charge in [-0.05, 0) is 30.5 Å². The molecule has 1 aliphatic heterocycles. The summed E-state index contributed by atoms with van der Waals surface area (Å²) in [6.45, 7) is 2.36. The number of carbonyl (C=O) groups is 1. The third-order valence-electron chi connectivity index (χ3n) is 3.91. The van der Waals surface area contributed by atoms with Gasteiger partial charge in [-0.3, -0.25) is 4.79 Å². The van der Waals surface area contributed by atoms with Crippen LogP contribution >= 0.6 is 24.0 Å². The molecule has 1 atom stereocenters. The number of hydrogen-bond donors (Lipinski definition) is 2. The maximum atomic E-state index is 12.1. The van der Waals surface area contributed by atoms with Crippen LogP contribution in [-0.4, -0.2) is 41.5 Å². The zero-order valence-electron chi connectivity index (χ0n) is 13.8. The minimum atomic E-state index is -0.0918. The van der Waals surface area contributed by atoms with E-state index in [1.165, 1.54) is 0 Å². The van der Waals surface area contributed by atoms with Crippen LogP contribution in [-0.2, 0) is 16.1 Å². The fraction of sp³-hybridized carbons (Fsp3) is 0.412. The lowest BCUT2D eigenvalue weighted by molar-refractivity contribution is -0.115. The van der Waals surface area contributed by atoms with E-state index in [1.54, 1.807) is 16.9 Å². The van der Waals surface area contributed by atoms with Crippen molar-refractivity contribution in [1.29, 1.82) is 0 Å². The molecule has 3 rings (SSSR count). The molecule has 6 nitrogen and oxygen atoms in total. The van der Waals surface area contributed by atoms with E-state index < -0.39 is 0 Å². The minimum Gasteiger partial charge on any atom is -0.377 e. The summed E-state index contributed by atoms with van der Waals surface area (Å²) in [5, 5.41) is 11.0. The Bertz CT molecular complexity index is 670. The first-order chi connectivity index (χ1) is 11.7. The second-order valence-electron chi connectivity index (χ2n) is 5.81. The molecule has 1 aromatic heterocycles. The Morgan fingerprint density at radius 1 is 1.32 bits per heavy atom. The second kappa shape index (κ2) is 9.77. The normalized spacial score (nSPS) is 16.4. The van der Waals surface area contributed by atoms with Crippen LogP contribution in [0.25, 0.3) is 0 Å². The highest BCUT2D eigenvalue weighted by Crippen LogP contribution is 2.13. The molecule has 2 aromatic rings. The maximum absolute atomic E-state index is 12.1. The molecule has 25 heavy (non-hydrogen) atoms. The van der Waals surface area contributed by atoms with E-state index in [0.717, 1.165) is 25.0 Å². The summed E-state index contributed by atoms with van der Waals surface area (Å²) < 4.78 is 7.27. The first-order valence-electron chi connectivity index (χ1n) is 8.09. The smallest absolute Gasteiger partial charge is 0.239 e. The Kier molecular flexibility index (Phi) is 7.71. The average molecular weight is 385 g/mol. The molecule has 1 aliphatic rings. The molecule has 0 aliphatic carbocycles. The number of anilines is 1. The Balaban J connectivity index is 0.00000225. The molecule has 0 bridgehead atoms. The van der Waals surface area contributed by atoms with Crippen molar-refractivity contribution in [3.63, 3.8) is 0 Å². The molecule has 1 amide bonds. The van der Waals surface area contributed by atoms with E-state index >= 15 is 0 Å². The predicted octanol–water partition coefficient (Wildman–Crippen LogP) is 2.71. The van der Waals surface area contributed by atoms with E-state index in [-0.39, 0.29) is 31.0 Å². The van der Waals surface area contributed by atoms with Crippen LogP contribution in [0.3, 0.4) is 0 Å². The van der Waals surface area contributed by atoms with Gasteiger partial charge in [0.25, 0.3) is 0 Å². The number of ether oxygens (including phenoxy) is 1. The van der Waals surface area contributed by atoms with Crippen LogP contribution in [0.1, 0.15) is 18.4 Å². The lowest BCUT2D eigenvalue weighted by Crippen LogP contribution is -2.34. The number of benzene rings is 1. The quantitative estimate of drug-likeness (QED) is 0.769. The predicted molar refractivity (Wildman–Crippen MR) is 101 cm³/mol. The summed E-state index contributed by atoms with van der Waals surface area (Å²) >= 11 is 5.89. The number of aromatic nitrogens is 2. The van der Waals surface area contributed by atoms with E-state index in [1.807, 2.05) is 24.3 Å². The van der Waals surface area contributed by atoms with Gasteiger partial charge in [-0.15, -0.1) is 12.4 Å². The van der Waals surface area contributed by atoms with Gasteiger partial charge in [-0.25, -0.2) is 4.68 Å². The highest BCUT2D eigenvalue weighted by atomic mass is 35.5. The fourth-order valence-electron chi connectivity index (χ4n) is 2.67. The van der Waals surface area contributed by atoms with Crippen molar-refractivity contribution in [1.82, 2.24) is 15.1 Å². The van der Waals surface area contributed by atoms with Gasteiger partial charge in [0.2, 0.25) is 5.91 Å². The Labute approximate surface area is 158 Å². The summed E-state index contributed by atoms with van der Waals surface area (Å²) in [6, 6.07) is 9.35. The largest absolute Gasteiger partial charge is 0.377 e. The Morgan fingerprint density at radius 3 is 2.84 bits per heavy atom. The van der Waals surface area contributed by atoms with Crippen LogP contribution in [0.5, 0.6) is 0 Å². The molecule has 0 spiro atoms. The summed E-state index contributed by atoms with van der Waals surface area (Å²) in [5.74, 6) is 0.583. The van der Waals surface area contributed by atoms with E-state index in [0.29, 0.717) is 23.9 Å². The van der Waals surface area contributed by atoms with Gasteiger partial charge < -0.3 is 15.4 Å². The Morgan fingerprint density at radius 2 is 2.12 bits per heavy atom. The van der Waals surface area contributed by atoms with Gasteiger partial charge >= 0.3 is 0 Å². The molecule has 0 radical (unpaired) electrons. The summed E-state index contributed by atoms with van der Waals surface area (Å²) in [5.41, 5.74) is 1.06. The lowest BCUT2D eigenvalue weighted by Gasteiger charge is -2.12. The van der Waals surface area contributed by atoms with Gasteiger partial charge in [-0.2, -0.15) is 5.10 Å². The van der Waals surface area contributed by atoms with Gasteiger partial charge in [-0.1, -0.05) is 23.7 Å². The van der Waals surface area contributed by atoms with E-state index in [2.05, 4.69) is 15.7 Å². The second-order valence-corrected chi connectivity index (χ2v) is 6.25. The van der Waals surface area contributed by atoms with Crippen molar-refractivity contribution in [2.24, 2.45) is 0 Å². The highest BCUT2D eigenvalue weighted by molar-refractivity contribution is 6.30. The molecule has 136 valence electrons. The zero-order valence-corrected chi connectivity index (χ0v) is 15.4. The van der Waals surface area contributed by atoms with Gasteiger partial charge in [0.05, 0.1) is 25.4 Å². The van der Waals surface area contributed by atoms with Crippen molar-refractivity contribution < 1.29 is 9.53 Å². The van der Waals surface area contributed by atoms with Gasteiger partial charge in [0.15, 0.2) is 0 Å². The minimum absolute atomic E-state index is 0. The standard InChI is InChI=1S/C17H21ClN4O2.ClH/c18-14-5-3-13(4-6-14)12-22-16(7-8-20-22)21-17(23)11-19-10-15-2-1-9-24-15;/h3-8,15,19H,1-2,9-12H2,(H,21,23);1H. The van der Waals surface area contributed by atoms with Crippen molar-refractivity contribution >= 4 is 35.7 Å². The number of nitrogens with zero attached hydrogens (tertiary/aromatic N) is 2. The lowest BCUT2D eigenvalue weighted by atomic mass is 10.2. The highest BCUT2D eigenvalue weighted by Gasteiger charge is 2.15. The topological polar surface area (TPSA) is 68.2 Å². The molecular weight excluding hydrogens is 363 g/mol. The maximum Gasteiger partial charge on any atom is 0.239 e. The number of rotatable bonds is 7. The number of amides is 1. The fourth-order valence-corrected chi connectivity index (χ4v) is 2.79. The van der Waals surface area contributed by atoms with Crippen molar-refractivity contribution in [2.45, 2.75) is 25.5 Å². The molecule has 1 aromatic carbocycles. The monoisotopic (exact) mass is 384 g/mol. The first kappa shape index (κ1) is 19.7. The van der Waals surface area contributed by atoms with Crippen LogP contribution in [0.2, 0.25) is 5.02 Å². The van der Waals surface area contributed by atoms with Crippen LogP contribution < -0.4 is 10.6 Å². The molecular formula is C17H22Cl2N4O2. The zero-order chi connectivity index (χ0) is 16.8. The average Bonchev–Trinajstić information content (AvgIpc) is 3.22. The summed E-state index contributed by atoms with van der Waals surface area (Å²) in [4.78, 5) is 12.1. The molecule has 1 saturated heterocycles. The molecule has 0 saturated carbocycles. The first-order valence-corrected chi connectivity index (χ1v) is 8.47. The summed E-state index contributed by atoms with van der Waals surface area (Å²) in [7, 11) is 0. The SMILES string of the molecule is Cl.O=C(CNCC1CCCO1)Nc1ccnn1Cc1ccc(Cl)cc1. The third kappa shape index (κ3) is 6.01. The number of nitrogens with one attached hydrogen (secondary N) is 2. The molecule has 8 heteroatoms. The van der Waals surface area contributed by atoms with Gasteiger partial charge in [0, 0.05) is 24.2 Å². The van der Waals surface area contributed by atoms with Crippen LogP contribution in [0, 0.1) is 0 Å². The van der Waals surface area contributed by atoms with Crippen LogP contribution in [0.4, 0.5) is 5.82 Å². The number of halogens is 2. The molecule has 1 fully saturated rings. The van der Waals surface area contributed by atoms with Crippen molar-refractivity contribution in [3.05, 3.63) is 47.1 Å². The number of carbonyl (C=O) groups excluding carboxylic acids is 1. The van der Waals surface area contributed by atoms with E-state index in [9.17, 15) is 4.79 Å². The summed E-state index contributed by atoms with van der Waals surface area (Å²) in [6.07, 6.45) is 4.06. The molecule has 2 N–H and O–H groups in total. The molecule has 1 unspecified atom stereocenters. The van der Waals surface area contributed by atoms with Crippen molar-refractivity contribution in [2.75, 3.05) is 25.0 Å². The van der Waals surface area contributed by atoms with Crippen LogP contribution in [0.15, 0.2) is 36.5 Å². The molecule has 2 heterocycles. The third-order valence-corrected chi connectivity index (χ3v) is 4.16. The van der Waals surface area contributed by atoms with Gasteiger partial charge in [0.1, 0.15) is 5.82 Å².